The highest BCUT2D eigenvalue weighted by atomic mass is 35.5. The molecule has 0 amide bonds. The maximum Gasteiger partial charge on any atom is 0.573 e. The average molecular weight is 576 g/mol. The Bertz CT molecular complexity index is 1450. The minimum atomic E-state index is -4.76. The zero-order valence-electron chi connectivity index (χ0n) is 21.9. The van der Waals surface area contributed by atoms with Gasteiger partial charge in [0.15, 0.2) is 11.5 Å². The molecule has 0 aliphatic carbocycles. The predicted molar refractivity (Wildman–Crippen MR) is 150 cm³/mol. The van der Waals surface area contributed by atoms with Gasteiger partial charge in [0.25, 0.3) is 0 Å². The van der Waals surface area contributed by atoms with E-state index >= 15 is 0 Å². The number of hydrogen-bond acceptors (Lipinski definition) is 7. The summed E-state index contributed by atoms with van der Waals surface area (Å²) in [6.45, 7) is 1.72. The van der Waals surface area contributed by atoms with Crippen LogP contribution in [0, 0.1) is 0 Å². The number of ether oxygens (including phenoxy) is 4. The number of hydrogen-bond donors (Lipinski definition) is 2. The fourth-order valence-corrected chi connectivity index (χ4v) is 4.64. The molecule has 0 radical (unpaired) electrons. The van der Waals surface area contributed by atoms with Gasteiger partial charge in [-0.1, -0.05) is 12.1 Å². The lowest BCUT2D eigenvalue weighted by Crippen LogP contribution is -2.34. The zero-order valence-corrected chi connectivity index (χ0v) is 22.7. The third kappa shape index (κ3) is 6.81. The molecule has 3 aromatic carbocycles. The second-order valence-electron chi connectivity index (χ2n) is 9.06. The summed E-state index contributed by atoms with van der Waals surface area (Å²) in [4.78, 5) is 4.56. The molecule has 0 atom stereocenters. The predicted octanol–water partition coefficient (Wildman–Crippen LogP) is 7.11. The normalized spacial score (nSPS) is 13.8. The molecule has 5 rings (SSSR count). The lowest BCUT2D eigenvalue weighted by Gasteiger charge is -2.26. The Kier molecular flexibility index (Phi) is 9.11. The van der Waals surface area contributed by atoms with E-state index in [2.05, 4.69) is 20.4 Å². The van der Waals surface area contributed by atoms with E-state index < -0.39 is 6.36 Å². The number of halogens is 4. The summed E-state index contributed by atoms with van der Waals surface area (Å²) in [6.07, 6.45) is -1.27. The first-order valence-electron chi connectivity index (χ1n) is 12.5. The van der Waals surface area contributed by atoms with Crippen molar-refractivity contribution in [3.63, 3.8) is 0 Å². The van der Waals surface area contributed by atoms with Gasteiger partial charge in [0, 0.05) is 28.9 Å². The maximum atomic E-state index is 12.7. The molecule has 1 fully saturated rings. The Hall–Kier alpha value is -3.89. The summed E-state index contributed by atoms with van der Waals surface area (Å²) in [5.41, 5.74) is 2.21. The van der Waals surface area contributed by atoms with Crippen molar-refractivity contribution in [2.24, 2.45) is 0 Å². The lowest BCUT2D eigenvalue weighted by molar-refractivity contribution is -0.274. The summed E-state index contributed by atoms with van der Waals surface area (Å²) < 4.78 is 59.5. The van der Waals surface area contributed by atoms with Gasteiger partial charge >= 0.3 is 6.36 Å². The molecule has 4 aromatic rings. The van der Waals surface area contributed by atoms with Crippen molar-refractivity contribution in [2.75, 3.05) is 32.6 Å². The number of fused-ring (bicyclic) bond motifs is 1. The Balaban J connectivity index is 0.00000370. The molecule has 1 saturated heterocycles. The summed E-state index contributed by atoms with van der Waals surface area (Å²) in [5, 5.41) is 8.32. The molecule has 11 heteroatoms. The second-order valence-corrected chi connectivity index (χ2v) is 9.06. The molecule has 7 nitrogen and oxygen atoms in total. The van der Waals surface area contributed by atoms with Gasteiger partial charge in [0.2, 0.25) is 0 Å². The standard InChI is InChI=1S/C29H28F3N3O4.ClH/c1-36-24-10-6-20(15-26(24)37-2)35-27-16-23-19(17-34-27)5-9-25(38-21-11-13-33-14-12-21)28(23)18-3-7-22(8-4-18)39-29(30,31)32;/h3-10,15-17,21,33H,11-14H2,1-2H3,(H,34,35);1H. The third-order valence-electron chi connectivity index (χ3n) is 6.48. The van der Waals surface area contributed by atoms with E-state index in [0.29, 0.717) is 28.6 Å². The number of alkyl halides is 3. The summed E-state index contributed by atoms with van der Waals surface area (Å²) >= 11 is 0. The van der Waals surface area contributed by atoms with E-state index in [1.165, 1.54) is 12.1 Å². The van der Waals surface area contributed by atoms with Crippen molar-refractivity contribution in [2.45, 2.75) is 25.3 Å². The molecule has 0 spiro atoms. The number of nitrogens with zero attached hydrogens (tertiary/aromatic N) is 1. The van der Waals surface area contributed by atoms with Gasteiger partial charge in [-0.2, -0.15) is 0 Å². The Morgan fingerprint density at radius 3 is 2.25 bits per heavy atom. The third-order valence-corrected chi connectivity index (χ3v) is 6.48. The first-order chi connectivity index (χ1) is 18.8. The van der Waals surface area contributed by atoms with Gasteiger partial charge in [-0.25, -0.2) is 4.98 Å². The summed E-state index contributed by atoms with van der Waals surface area (Å²) in [7, 11) is 3.14. The van der Waals surface area contributed by atoms with Crippen molar-refractivity contribution in [1.82, 2.24) is 10.3 Å². The smallest absolute Gasteiger partial charge is 0.493 e. The molecule has 0 unspecified atom stereocenters. The molecule has 1 aliphatic heterocycles. The average Bonchev–Trinajstić information content (AvgIpc) is 2.93. The number of aromatic nitrogens is 1. The molecule has 1 aromatic heterocycles. The van der Waals surface area contributed by atoms with Gasteiger partial charge in [-0.05, 0) is 79.3 Å². The van der Waals surface area contributed by atoms with Crippen LogP contribution in [0.4, 0.5) is 24.7 Å². The molecule has 40 heavy (non-hydrogen) atoms. The van der Waals surface area contributed by atoms with E-state index in [-0.39, 0.29) is 24.3 Å². The van der Waals surface area contributed by atoms with Gasteiger partial charge in [0.1, 0.15) is 23.4 Å². The molecular weight excluding hydrogens is 547 g/mol. The van der Waals surface area contributed by atoms with Crippen LogP contribution in [0.1, 0.15) is 12.8 Å². The van der Waals surface area contributed by atoms with Gasteiger partial charge in [-0.15, -0.1) is 25.6 Å². The van der Waals surface area contributed by atoms with Crippen molar-refractivity contribution in [3.05, 3.63) is 66.9 Å². The van der Waals surface area contributed by atoms with E-state index in [0.717, 1.165) is 48.0 Å². The van der Waals surface area contributed by atoms with Crippen LogP contribution in [-0.4, -0.2) is 44.8 Å². The largest absolute Gasteiger partial charge is 0.573 e. The van der Waals surface area contributed by atoms with E-state index in [4.69, 9.17) is 14.2 Å². The minimum Gasteiger partial charge on any atom is -0.493 e. The van der Waals surface area contributed by atoms with Crippen molar-refractivity contribution in [3.8, 4) is 34.1 Å². The fraction of sp³-hybridized carbons (Fsp3) is 0.276. The van der Waals surface area contributed by atoms with Crippen LogP contribution in [0.15, 0.2) is 66.9 Å². The van der Waals surface area contributed by atoms with Crippen LogP contribution in [0.5, 0.6) is 23.0 Å². The highest BCUT2D eigenvalue weighted by Crippen LogP contribution is 2.40. The zero-order chi connectivity index (χ0) is 27.4. The number of piperidine rings is 1. The number of methoxy groups -OCH3 is 2. The van der Waals surface area contributed by atoms with Crippen LogP contribution in [0.2, 0.25) is 0 Å². The lowest BCUT2D eigenvalue weighted by atomic mass is 9.97. The monoisotopic (exact) mass is 575 g/mol. The molecular formula is C29H29ClF3N3O4. The summed E-state index contributed by atoms with van der Waals surface area (Å²) in [6, 6.07) is 17.0. The van der Waals surface area contributed by atoms with Gasteiger partial charge < -0.3 is 29.6 Å². The molecule has 212 valence electrons. The second kappa shape index (κ2) is 12.5. The Morgan fingerprint density at radius 1 is 0.875 bits per heavy atom. The molecule has 0 saturated carbocycles. The Labute approximate surface area is 236 Å². The number of anilines is 2. The van der Waals surface area contributed by atoms with Crippen molar-refractivity contribution >= 4 is 34.7 Å². The SMILES string of the molecule is COc1ccc(Nc2cc3c(-c4ccc(OC(F)(F)F)cc4)c(OC4CCNCC4)ccc3cn2)cc1OC.Cl. The number of pyridine rings is 1. The van der Waals surface area contributed by atoms with Gasteiger partial charge in [-0.3, -0.25) is 0 Å². The van der Waals surface area contributed by atoms with E-state index in [1.807, 2.05) is 30.3 Å². The molecule has 2 heterocycles. The highest BCUT2D eigenvalue weighted by Gasteiger charge is 2.31. The van der Waals surface area contributed by atoms with Crippen LogP contribution in [-0.2, 0) is 0 Å². The maximum absolute atomic E-state index is 12.7. The summed E-state index contributed by atoms with van der Waals surface area (Å²) in [5.74, 6) is 2.12. The van der Waals surface area contributed by atoms with E-state index in [9.17, 15) is 13.2 Å². The van der Waals surface area contributed by atoms with Crippen molar-refractivity contribution < 1.29 is 32.1 Å². The molecule has 2 N–H and O–H groups in total. The van der Waals surface area contributed by atoms with Crippen LogP contribution in [0.25, 0.3) is 21.9 Å². The van der Waals surface area contributed by atoms with Crippen LogP contribution in [0.3, 0.4) is 0 Å². The van der Waals surface area contributed by atoms with Crippen LogP contribution < -0.4 is 29.6 Å². The number of benzene rings is 3. The molecule has 1 aliphatic rings. The minimum absolute atomic E-state index is 0. The number of nitrogens with one attached hydrogen (secondary N) is 2. The molecule has 0 bridgehead atoms. The fourth-order valence-electron chi connectivity index (χ4n) is 4.64. The van der Waals surface area contributed by atoms with Crippen molar-refractivity contribution in [1.29, 1.82) is 0 Å². The van der Waals surface area contributed by atoms with E-state index in [1.54, 1.807) is 38.6 Å². The topological polar surface area (TPSA) is 73.9 Å². The first-order valence-corrected chi connectivity index (χ1v) is 12.5. The van der Waals surface area contributed by atoms with Gasteiger partial charge in [0.05, 0.1) is 14.2 Å². The highest BCUT2D eigenvalue weighted by molar-refractivity contribution is 6.00. The first kappa shape index (κ1) is 29.1. The number of rotatable bonds is 8. The quantitative estimate of drug-likeness (QED) is 0.232. The Morgan fingerprint density at radius 2 is 1.57 bits per heavy atom. The van der Waals surface area contributed by atoms with Crippen LogP contribution >= 0.6 is 12.4 Å².